The van der Waals surface area contributed by atoms with E-state index in [9.17, 15) is 0 Å². The van der Waals surface area contributed by atoms with Crippen molar-refractivity contribution in [2.75, 3.05) is 0 Å². The van der Waals surface area contributed by atoms with Gasteiger partial charge < -0.3 is 4.42 Å². The van der Waals surface area contributed by atoms with Crippen molar-refractivity contribution in [1.82, 2.24) is 0 Å². The topological polar surface area (TPSA) is 13.1 Å². The molecule has 1 unspecified atom stereocenters. The summed E-state index contributed by atoms with van der Waals surface area (Å²) in [4.78, 5) is 0. The van der Waals surface area contributed by atoms with Crippen LogP contribution in [0.4, 0.5) is 0 Å². The molecule has 15 heavy (non-hydrogen) atoms. The molecule has 3 rings (SSSR count). The molecule has 0 spiro atoms. The third kappa shape index (κ3) is 1.30. The summed E-state index contributed by atoms with van der Waals surface area (Å²) in [6.07, 6.45) is 5.66. The van der Waals surface area contributed by atoms with Crippen molar-refractivity contribution < 1.29 is 4.42 Å². The fourth-order valence-corrected chi connectivity index (χ4v) is 2.73. The van der Waals surface area contributed by atoms with E-state index >= 15 is 0 Å². The molecule has 1 heterocycles. The molecule has 0 bridgehead atoms. The Balaban J connectivity index is 2.31. The predicted octanol–water partition coefficient (Wildman–Crippen LogP) is 3.87. The average molecular weight is 200 g/mol. The summed E-state index contributed by atoms with van der Waals surface area (Å²) in [6, 6.07) is 4.36. The maximum Gasteiger partial charge on any atom is 0.134 e. The molecule has 1 aliphatic carbocycles. The molecule has 0 aliphatic heterocycles. The Morgan fingerprint density at radius 3 is 3.07 bits per heavy atom. The van der Waals surface area contributed by atoms with Crippen LogP contribution in [0.25, 0.3) is 11.0 Å². The molecule has 2 aromatic rings. The lowest BCUT2D eigenvalue weighted by Gasteiger charge is -2.22. The van der Waals surface area contributed by atoms with Crippen LogP contribution in [0.1, 0.15) is 30.0 Å². The second-order valence-corrected chi connectivity index (χ2v) is 4.84. The maximum atomic E-state index is 5.55. The second kappa shape index (κ2) is 3.13. The lowest BCUT2D eigenvalue weighted by Crippen LogP contribution is -2.11. The standard InChI is InChI=1S/C14H16O/c1-9-3-4-11-5-6-13-14(12(11)7-9)10(2)8-15-13/h5-6,8-9H,3-4,7H2,1-2H3. The van der Waals surface area contributed by atoms with Crippen molar-refractivity contribution in [2.45, 2.75) is 33.1 Å². The predicted molar refractivity (Wildman–Crippen MR) is 62.1 cm³/mol. The minimum Gasteiger partial charge on any atom is -0.464 e. The minimum absolute atomic E-state index is 0.817. The van der Waals surface area contributed by atoms with Gasteiger partial charge in [0.05, 0.1) is 6.26 Å². The first-order chi connectivity index (χ1) is 7.25. The van der Waals surface area contributed by atoms with Crippen LogP contribution in [0.3, 0.4) is 0 Å². The fraction of sp³-hybridized carbons (Fsp3) is 0.429. The molecule has 78 valence electrons. The van der Waals surface area contributed by atoms with Gasteiger partial charge in [-0.05, 0) is 54.9 Å². The zero-order valence-corrected chi connectivity index (χ0v) is 9.34. The third-order valence-electron chi connectivity index (χ3n) is 3.59. The first-order valence-corrected chi connectivity index (χ1v) is 5.74. The summed E-state index contributed by atoms with van der Waals surface area (Å²) in [7, 11) is 0. The van der Waals surface area contributed by atoms with Crippen LogP contribution in [0.15, 0.2) is 22.8 Å². The summed E-state index contributed by atoms with van der Waals surface area (Å²) in [5.74, 6) is 0.817. The quantitative estimate of drug-likeness (QED) is 0.629. The molecular weight excluding hydrogens is 184 g/mol. The number of benzene rings is 1. The summed E-state index contributed by atoms with van der Waals surface area (Å²) in [5, 5.41) is 1.37. The average Bonchev–Trinajstić information content (AvgIpc) is 2.60. The lowest BCUT2D eigenvalue weighted by molar-refractivity contribution is 0.503. The number of aryl methyl sites for hydroxylation is 2. The van der Waals surface area contributed by atoms with E-state index in [1.54, 1.807) is 0 Å². The van der Waals surface area contributed by atoms with E-state index in [2.05, 4.69) is 26.0 Å². The van der Waals surface area contributed by atoms with Crippen LogP contribution in [0.2, 0.25) is 0 Å². The number of rotatable bonds is 0. The minimum atomic E-state index is 0.817. The van der Waals surface area contributed by atoms with Crippen LogP contribution < -0.4 is 0 Å². The number of furan rings is 1. The Kier molecular flexibility index (Phi) is 1.88. The smallest absolute Gasteiger partial charge is 0.134 e. The van der Waals surface area contributed by atoms with E-state index in [-0.39, 0.29) is 0 Å². The molecule has 0 amide bonds. The van der Waals surface area contributed by atoms with Crippen molar-refractivity contribution in [1.29, 1.82) is 0 Å². The van der Waals surface area contributed by atoms with E-state index in [1.165, 1.54) is 41.3 Å². The SMILES string of the molecule is Cc1coc2ccc3c(c12)CC(C)CC3. The van der Waals surface area contributed by atoms with Crippen LogP contribution in [-0.4, -0.2) is 0 Å². The number of hydrogen-bond donors (Lipinski definition) is 0. The summed E-state index contributed by atoms with van der Waals surface area (Å²) in [6.45, 7) is 4.49. The molecule has 0 saturated heterocycles. The monoisotopic (exact) mass is 200 g/mol. The van der Waals surface area contributed by atoms with Gasteiger partial charge in [0, 0.05) is 5.39 Å². The second-order valence-electron chi connectivity index (χ2n) is 4.84. The Morgan fingerprint density at radius 1 is 1.33 bits per heavy atom. The number of hydrogen-bond acceptors (Lipinski definition) is 1. The molecule has 1 aliphatic rings. The van der Waals surface area contributed by atoms with Crippen molar-refractivity contribution >= 4 is 11.0 Å². The fourth-order valence-electron chi connectivity index (χ4n) is 2.73. The molecule has 0 N–H and O–H groups in total. The summed E-state index contributed by atoms with van der Waals surface area (Å²) >= 11 is 0. The molecule has 0 saturated carbocycles. The van der Waals surface area contributed by atoms with E-state index in [0.29, 0.717) is 0 Å². The first-order valence-electron chi connectivity index (χ1n) is 5.74. The molecule has 0 radical (unpaired) electrons. The Hall–Kier alpha value is -1.24. The van der Waals surface area contributed by atoms with Gasteiger partial charge in [-0.1, -0.05) is 13.0 Å². The maximum absolute atomic E-state index is 5.55. The van der Waals surface area contributed by atoms with Crippen molar-refractivity contribution in [3.8, 4) is 0 Å². The lowest BCUT2D eigenvalue weighted by atomic mass is 9.83. The van der Waals surface area contributed by atoms with E-state index in [1.807, 2.05) is 6.26 Å². The zero-order chi connectivity index (χ0) is 10.4. The molecule has 1 aromatic heterocycles. The first kappa shape index (κ1) is 9.02. The van der Waals surface area contributed by atoms with Gasteiger partial charge in [-0.15, -0.1) is 0 Å². The highest BCUT2D eigenvalue weighted by molar-refractivity contribution is 5.85. The van der Waals surface area contributed by atoms with E-state index in [0.717, 1.165) is 11.5 Å². The van der Waals surface area contributed by atoms with Gasteiger partial charge in [-0.25, -0.2) is 0 Å². The van der Waals surface area contributed by atoms with Crippen LogP contribution >= 0.6 is 0 Å². The van der Waals surface area contributed by atoms with E-state index < -0.39 is 0 Å². The highest BCUT2D eigenvalue weighted by Crippen LogP contribution is 2.33. The van der Waals surface area contributed by atoms with E-state index in [4.69, 9.17) is 4.42 Å². The van der Waals surface area contributed by atoms with Gasteiger partial charge in [-0.2, -0.15) is 0 Å². The highest BCUT2D eigenvalue weighted by atomic mass is 16.3. The van der Waals surface area contributed by atoms with Crippen LogP contribution in [0.5, 0.6) is 0 Å². The summed E-state index contributed by atoms with van der Waals surface area (Å²) < 4.78 is 5.55. The molecule has 1 nitrogen and oxygen atoms in total. The van der Waals surface area contributed by atoms with Crippen molar-refractivity contribution in [2.24, 2.45) is 5.92 Å². The van der Waals surface area contributed by atoms with Crippen molar-refractivity contribution in [3.63, 3.8) is 0 Å². The normalized spacial score (nSPS) is 20.5. The highest BCUT2D eigenvalue weighted by Gasteiger charge is 2.19. The molecular formula is C14H16O. The largest absolute Gasteiger partial charge is 0.464 e. The Bertz CT molecular complexity index is 507. The van der Waals surface area contributed by atoms with Gasteiger partial charge in [0.25, 0.3) is 0 Å². The Morgan fingerprint density at radius 2 is 2.20 bits per heavy atom. The molecule has 1 atom stereocenters. The van der Waals surface area contributed by atoms with Gasteiger partial charge >= 0.3 is 0 Å². The molecule has 0 fully saturated rings. The van der Waals surface area contributed by atoms with Crippen LogP contribution in [-0.2, 0) is 12.8 Å². The van der Waals surface area contributed by atoms with Crippen molar-refractivity contribution in [3.05, 3.63) is 35.1 Å². The van der Waals surface area contributed by atoms with Gasteiger partial charge in [0.1, 0.15) is 5.58 Å². The van der Waals surface area contributed by atoms with Crippen LogP contribution in [0, 0.1) is 12.8 Å². The molecule has 1 aromatic carbocycles. The van der Waals surface area contributed by atoms with Gasteiger partial charge in [0.15, 0.2) is 0 Å². The third-order valence-corrected chi connectivity index (χ3v) is 3.59. The Labute approximate surface area is 90.1 Å². The molecule has 1 heteroatoms. The van der Waals surface area contributed by atoms with Gasteiger partial charge in [-0.3, -0.25) is 0 Å². The number of fused-ring (bicyclic) bond motifs is 3. The summed E-state index contributed by atoms with van der Waals surface area (Å²) in [5.41, 5.74) is 5.42. The van der Waals surface area contributed by atoms with Gasteiger partial charge in [0.2, 0.25) is 0 Å². The zero-order valence-electron chi connectivity index (χ0n) is 9.34.